The maximum absolute atomic E-state index is 4.24. The van der Waals surface area contributed by atoms with Crippen LogP contribution in [0.4, 0.5) is 0 Å². The Labute approximate surface area is 135 Å². The van der Waals surface area contributed by atoms with Crippen molar-refractivity contribution in [1.82, 2.24) is 30.0 Å². The first kappa shape index (κ1) is 15.1. The smallest absolute Gasteiger partial charge is 0.0827 e. The molecule has 23 heavy (non-hydrogen) atoms. The zero-order chi connectivity index (χ0) is 15.9. The van der Waals surface area contributed by atoms with E-state index in [9.17, 15) is 0 Å². The fourth-order valence-electron chi connectivity index (χ4n) is 2.44. The minimum Gasteiger partial charge on any atom is -0.253 e. The van der Waals surface area contributed by atoms with E-state index in [0.717, 1.165) is 31.6 Å². The first-order valence-corrected chi connectivity index (χ1v) is 7.75. The fraction of sp³-hybridized carbons (Fsp3) is 0.294. The van der Waals surface area contributed by atoms with Crippen molar-refractivity contribution < 1.29 is 0 Å². The summed E-state index contributed by atoms with van der Waals surface area (Å²) < 4.78 is 3.72. The summed E-state index contributed by atoms with van der Waals surface area (Å²) in [5, 5.41) is 16.2. The number of hydrogen-bond acceptors (Lipinski definition) is 4. The minimum atomic E-state index is 0.755. The molecule has 0 saturated carbocycles. The van der Waals surface area contributed by atoms with Crippen molar-refractivity contribution in [2.75, 3.05) is 0 Å². The fourth-order valence-corrected chi connectivity index (χ4v) is 2.44. The average Bonchev–Trinajstić information content (AvgIpc) is 3.20. The zero-order valence-electron chi connectivity index (χ0n) is 13.2. The predicted octanol–water partition coefficient (Wildman–Crippen LogP) is 2.61. The molecule has 3 rings (SSSR count). The second kappa shape index (κ2) is 7.49. The molecule has 0 fully saturated rings. The molecule has 0 N–H and O–H groups in total. The van der Waals surface area contributed by atoms with Gasteiger partial charge in [0.2, 0.25) is 0 Å². The van der Waals surface area contributed by atoms with E-state index >= 15 is 0 Å². The average molecular weight is 308 g/mol. The van der Waals surface area contributed by atoms with Crippen LogP contribution < -0.4 is 0 Å². The molecule has 118 valence electrons. The van der Waals surface area contributed by atoms with E-state index in [1.54, 1.807) is 6.20 Å². The van der Waals surface area contributed by atoms with E-state index in [1.165, 1.54) is 11.1 Å². The second-order valence-corrected chi connectivity index (χ2v) is 5.58. The quantitative estimate of drug-likeness (QED) is 0.673. The van der Waals surface area contributed by atoms with Gasteiger partial charge in [-0.3, -0.25) is 4.68 Å². The molecular weight excluding hydrogens is 288 g/mol. The third-order valence-corrected chi connectivity index (χ3v) is 3.50. The summed E-state index contributed by atoms with van der Waals surface area (Å²) in [6.07, 6.45) is 9.62. The number of aryl methyl sites for hydroxylation is 2. The minimum absolute atomic E-state index is 0.755. The topological polar surface area (TPSA) is 61.4 Å². The van der Waals surface area contributed by atoms with Gasteiger partial charge < -0.3 is 0 Å². The summed E-state index contributed by atoms with van der Waals surface area (Å²) >= 11 is 0. The van der Waals surface area contributed by atoms with Crippen molar-refractivity contribution in [3.63, 3.8) is 0 Å². The van der Waals surface area contributed by atoms with Gasteiger partial charge in [0.1, 0.15) is 0 Å². The van der Waals surface area contributed by atoms with Gasteiger partial charge in [0.15, 0.2) is 0 Å². The lowest BCUT2D eigenvalue weighted by atomic mass is 10.1. The number of aromatic nitrogens is 6. The highest BCUT2D eigenvalue weighted by molar-refractivity contribution is 5.51. The SMILES string of the molecule is CC(=Cc1ccccc1)Cn1cc(CCCn2ccnn2)nn1. The van der Waals surface area contributed by atoms with Gasteiger partial charge in [0, 0.05) is 18.9 Å². The van der Waals surface area contributed by atoms with Crippen LogP contribution in [0.5, 0.6) is 0 Å². The molecule has 0 aliphatic heterocycles. The highest BCUT2D eigenvalue weighted by Crippen LogP contribution is 2.08. The summed E-state index contributed by atoms with van der Waals surface area (Å²) in [5.41, 5.74) is 3.46. The van der Waals surface area contributed by atoms with Crippen LogP contribution in [0.2, 0.25) is 0 Å². The van der Waals surface area contributed by atoms with Crippen molar-refractivity contribution in [3.05, 3.63) is 65.8 Å². The van der Waals surface area contributed by atoms with Crippen molar-refractivity contribution in [3.8, 4) is 0 Å². The summed E-state index contributed by atoms with van der Waals surface area (Å²) in [4.78, 5) is 0. The number of benzene rings is 1. The largest absolute Gasteiger partial charge is 0.253 e. The van der Waals surface area contributed by atoms with Gasteiger partial charge >= 0.3 is 0 Å². The molecule has 1 aromatic carbocycles. The Morgan fingerprint density at radius 3 is 2.78 bits per heavy atom. The molecule has 3 aromatic rings. The lowest BCUT2D eigenvalue weighted by Gasteiger charge is -2.01. The van der Waals surface area contributed by atoms with Crippen LogP contribution >= 0.6 is 0 Å². The lowest BCUT2D eigenvalue weighted by Crippen LogP contribution is -2.01. The first-order valence-electron chi connectivity index (χ1n) is 7.75. The highest BCUT2D eigenvalue weighted by Gasteiger charge is 2.02. The third-order valence-electron chi connectivity index (χ3n) is 3.50. The number of hydrogen-bond donors (Lipinski definition) is 0. The lowest BCUT2D eigenvalue weighted by molar-refractivity contribution is 0.555. The van der Waals surface area contributed by atoms with Crippen molar-refractivity contribution in [2.24, 2.45) is 0 Å². The van der Waals surface area contributed by atoms with E-state index in [4.69, 9.17) is 0 Å². The Morgan fingerprint density at radius 2 is 2.00 bits per heavy atom. The van der Waals surface area contributed by atoms with Crippen LogP contribution in [-0.4, -0.2) is 30.0 Å². The molecule has 0 amide bonds. The van der Waals surface area contributed by atoms with Crippen LogP contribution in [0.25, 0.3) is 6.08 Å². The van der Waals surface area contributed by atoms with E-state index in [2.05, 4.69) is 45.8 Å². The molecule has 0 atom stereocenters. The van der Waals surface area contributed by atoms with Crippen LogP contribution in [0.3, 0.4) is 0 Å². The standard InChI is InChI=1S/C17H20N6/c1-15(12-16-6-3-2-4-7-16)13-23-14-17(19-21-23)8-5-10-22-11-9-18-20-22/h2-4,6-7,9,11-12,14H,5,8,10,13H2,1H3. The van der Waals surface area contributed by atoms with Gasteiger partial charge in [-0.2, -0.15) is 0 Å². The molecule has 0 bridgehead atoms. The maximum atomic E-state index is 4.24. The van der Waals surface area contributed by atoms with Crippen molar-refractivity contribution in [1.29, 1.82) is 0 Å². The number of rotatable bonds is 7. The summed E-state index contributed by atoms with van der Waals surface area (Å²) in [6, 6.07) is 10.3. The van der Waals surface area contributed by atoms with Gasteiger partial charge in [0.05, 0.1) is 18.4 Å². The molecule has 0 radical (unpaired) electrons. The molecule has 0 unspecified atom stereocenters. The zero-order valence-corrected chi connectivity index (χ0v) is 13.2. The molecule has 0 aliphatic rings. The van der Waals surface area contributed by atoms with Gasteiger partial charge in [-0.25, -0.2) is 4.68 Å². The third kappa shape index (κ3) is 4.60. The van der Waals surface area contributed by atoms with Gasteiger partial charge in [-0.15, -0.1) is 10.2 Å². The highest BCUT2D eigenvalue weighted by atomic mass is 15.4. The van der Waals surface area contributed by atoms with Crippen LogP contribution in [0, 0.1) is 0 Å². The number of allylic oxidation sites excluding steroid dienone is 1. The van der Waals surface area contributed by atoms with Crippen molar-refractivity contribution >= 4 is 6.08 Å². The Kier molecular flexibility index (Phi) is 4.93. The molecule has 6 nitrogen and oxygen atoms in total. The van der Waals surface area contributed by atoms with E-state index in [1.807, 2.05) is 40.0 Å². The van der Waals surface area contributed by atoms with Crippen LogP contribution in [0.15, 0.2) is 54.5 Å². The Hall–Kier alpha value is -2.76. The van der Waals surface area contributed by atoms with Gasteiger partial charge in [0.25, 0.3) is 0 Å². The molecule has 2 heterocycles. The Morgan fingerprint density at radius 1 is 1.13 bits per heavy atom. The summed E-state index contributed by atoms with van der Waals surface area (Å²) in [6.45, 7) is 3.71. The normalized spacial score (nSPS) is 11.8. The Bertz CT molecular complexity index is 743. The molecule has 6 heteroatoms. The van der Waals surface area contributed by atoms with Gasteiger partial charge in [-0.1, -0.05) is 52.4 Å². The van der Waals surface area contributed by atoms with E-state index < -0.39 is 0 Å². The number of nitrogens with zero attached hydrogens (tertiary/aromatic N) is 6. The van der Waals surface area contributed by atoms with E-state index in [-0.39, 0.29) is 0 Å². The second-order valence-electron chi connectivity index (χ2n) is 5.58. The van der Waals surface area contributed by atoms with E-state index in [0.29, 0.717) is 0 Å². The first-order chi connectivity index (χ1) is 11.3. The monoisotopic (exact) mass is 308 g/mol. The van der Waals surface area contributed by atoms with Crippen LogP contribution in [-0.2, 0) is 19.5 Å². The molecule has 2 aromatic heterocycles. The molecule has 0 aliphatic carbocycles. The summed E-state index contributed by atoms with van der Waals surface area (Å²) in [7, 11) is 0. The maximum Gasteiger partial charge on any atom is 0.0827 e. The molecule has 0 spiro atoms. The summed E-state index contributed by atoms with van der Waals surface area (Å²) in [5.74, 6) is 0. The van der Waals surface area contributed by atoms with Crippen molar-refractivity contribution in [2.45, 2.75) is 32.9 Å². The molecule has 0 saturated heterocycles. The van der Waals surface area contributed by atoms with Crippen LogP contribution in [0.1, 0.15) is 24.6 Å². The Balaban J connectivity index is 1.51. The predicted molar refractivity (Wildman–Crippen MR) is 88.5 cm³/mol. The molecular formula is C17H20N6. The van der Waals surface area contributed by atoms with Gasteiger partial charge in [-0.05, 0) is 25.3 Å².